The van der Waals surface area contributed by atoms with Gasteiger partial charge in [0, 0.05) is 16.1 Å². The van der Waals surface area contributed by atoms with Crippen molar-refractivity contribution in [2.24, 2.45) is 5.14 Å². The van der Waals surface area contributed by atoms with Crippen molar-refractivity contribution in [1.82, 2.24) is 0 Å². The van der Waals surface area contributed by atoms with Crippen LogP contribution < -0.4 is 9.88 Å². The van der Waals surface area contributed by atoms with Crippen LogP contribution in [0.25, 0.3) is 0 Å². The van der Waals surface area contributed by atoms with E-state index < -0.39 is 10.0 Å². The number of nitrogens with two attached hydrogens (primary N) is 1. The number of sulfonamides is 1. The molecule has 0 saturated heterocycles. The molecule has 0 bridgehead atoms. The molecular weight excluding hydrogens is 401 g/mol. The van der Waals surface area contributed by atoms with Crippen LogP contribution in [-0.4, -0.2) is 8.42 Å². The number of primary sulfonamides is 1. The lowest BCUT2D eigenvalue weighted by atomic mass is 10.2. The third kappa shape index (κ3) is 4.11. The molecule has 0 spiro atoms. The fourth-order valence-electron chi connectivity index (χ4n) is 1.61. The SMILES string of the molecule is NS(=O)(=O)c1cc(Cl)c(OCc2ccccc2Br)cc1Cl. The van der Waals surface area contributed by atoms with Gasteiger partial charge in [0.05, 0.1) is 10.0 Å². The summed E-state index contributed by atoms with van der Waals surface area (Å²) in [4.78, 5) is -0.234. The first-order chi connectivity index (χ1) is 9.79. The Labute approximate surface area is 141 Å². The summed E-state index contributed by atoms with van der Waals surface area (Å²) in [5.74, 6) is 0.282. The molecule has 2 aromatic rings. The lowest BCUT2D eigenvalue weighted by Gasteiger charge is -2.11. The summed E-state index contributed by atoms with van der Waals surface area (Å²) >= 11 is 15.3. The van der Waals surface area contributed by atoms with Gasteiger partial charge < -0.3 is 4.74 Å². The van der Waals surface area contributed by atoms with Gasteiger partial charge in [-0.3, -0.25) is 0 Å². The van der Waals surface area contributed by atoms with Gasteiger partial charge in [-0.05, 0) is 12.1 Å². The number of ether oxygens (including phenoxy) is 1. The highest BCUT2D eigenvalue weighted by atomic mass is 79.9. The zero-order valence-electron chi connectivity index (χ0n) is 10.5. The molecule has 112 valence electrons. The first-order valence-corrected chi connectivity index (χ1v) is 8.76. The van der Waals surface area contributed by atoms with E-state index in [2.05, 4.69) is 15.9 Å². The van der Waals surface area contributed by atoms with Crippen molar-refractivity contribution in [3.05, 3.63) is 56.5 Å². The Morgan fingerprint density at radius 3 is 2.43 bits per heavy atom. The molecule has 0 fully saturated rings. The van der Waals surface area contributed by atoms with Gasteiger partial charge in [0.1, 0.15) is 17.3 Å². The van der Waals surface area contributed by atoms with Crippen LogP contribution in [0.3, 0.4) is 0 Å². The largest absolute Gasteiger partial charge is 0.487 e. The van der Waals surface area contributed by atoms with Gasteiger partial charge in [0.25, 0.3) is 0 Å². The second-order valence-electron chi connectivity index (χ2n) is 4.14. The first-order valence-electron chi connectivity index (χ1n) is 5.67. The van der Waals surface area contributed by atoms with Crippen molar-refractivity contribution >= 4 is 49.2 Å². The number of hydrogen-bond acceptors (Lipinski definition) is 3. The highest BCUT2D eigenvalue weighted by Crippen LogP contribution is 2.33. The normalized spacial score (nSPS) is 11.4. The molecule has 8 heteroatoms. The number of rotatable bonds is 4. The molecule has 0 amide bonds. The van der Waals surface area contributed by atoms with Crippen LogP contribution in [-0.2, 0) is 16.6 Å². The molecule has 0 unspecified atom stereocenters. The first kappa shape index (κ1) is 16.6. The van der Waals surface area contributed by atoms with Crippen molar-refractivity contribution in [1.29, 1.82) is 0 Å². The zero-order chi connectivity index (χ0) is 15.6. The second kappa shape index (κ2) is 6.54. The Balaban J connectivity index is 2.26. The van der Waals surface area contributed by atoms with Crippen molar-refractivity contribution in [2.45, 2.75) is 11.5 Å². The average molecular weight is 411 g/mol. The van der Waals surface area contributed by atoms with Crippen LogP contribution in [0.4, 0.5) is 0 Å². The molecule has 0 aliphatic heterocycles. The van der Waals surface area contributed by atoms with E-state index in [4.69, 9.17) is 33.1 Å². The zero-order valence-corrected chi connectivity index (χ0v) is 14.4. The van der Waals surface area contributed by atoms with Crippen LogP contribution in [0.1, 0.15) is 5.56 Å². The molecule has 0 radical (unpaired) electrons. The molecule has 2 N–H and O–H groups in total. The summed E-state index contributed by atoms with van der Waals surface area (Å²) in [6.45, 7) is 0.256. The predicted octanol–water partition coefficient (Wildman–Crippen LogP) is 3.98. The summed E-state index contributed by atoms with van der Waals surface area (Å²) < 4.78 is 29.1. The molecule has 2 aromatic carbocycles. The Morgan fingerprint density at radius 2 is 1.81 bits per heavy atom. The fourth-order valence-corrected chi connectivity index (χ4v) is 3.38. The molecule has 2 rings (SSSR count). The summed E-state index contributed by atoms with van der Waals surface area (Å²) in [5, 5.41) is 5.13. The Hall–Kier alpha value is -0.790. The Kier molecular flexibility index (Phi) is 5.16. The molecular formula is C13H10BrCl2NO3S. The summed E-state index contributed by atoms with van der Waals surface area (Å²) in [6.07, 6.45) is 0. The van der Waals surface area contributed by atoms with Crippen LogP contribution in [0.2, 0.25) is 10.0 Å². The minimum absolute atomic E-state index is 0.0379. The number of halogens is 3. The van der Waals surface area contributed by atoms with E-state index in [1.54, 1.807) is 0 Å². The van der Waals surface area contributed by atoms with Gasteiger partial charge >= 0.3 is 0 Å². The standard InChI is InChI=1S/C13H10BrCl2NO3S/c14-9-4-2-1-3-8(9)7-20-12-5-11(16)13(6-10(12)15)21(17,18)19/h1-6H,7H2,(H2,17,18,19). The third-order valence-electron chi connectivity index (χ3n) is 2.63. The fraction of sp³-hybridized carbons (Fsp3) is 0.0769. The summed E-state index contributed by atoms with van der Waals surface area (Å²) in [7, 11) is -3.93. The molecule has 0 saturated carbocycles. The monoisotopic (exact) mass is 409 g/mol. The maximum atomic E-state index is 11.3. The van der Waals surface area contributed by atoms with Gasteiger partial charge in [-0.2, -0.15) is 0 Å². The third-order valence-corrected chi connectivity index (χ3v) is 5.08. The Bertz CT molecular complexity index is 781. The van der Waals surface area contributed by atoms with E-state index in [0.717, 1.165) is 10.0 Å². The summed E-state index contributed by atoms with van der Waals surface area (Å²) in [6, 6.07) is 10.0. The van der Waals surface area contributed by atoms with Gasteiger partial charge in [0.2, 0.25) is 10.0 Å². The maximum Gasteiger partial charge on any atom is 0.239 e. The van der Waals surface area contributed by atoms with Gasteiger partial charge in [-0.25, -0.2) is 13.6 Å². The minimum atomic E-state index is -3.93. The number of benzene rings is 2. The smallest absolute Gasteiger partial charge is 0.239 e. The predicted molar refractivity (Wildman–Crippen MR) is 86.3 cm³/mol. The molecule has 0 aliphatic rings. The van der Waals surface area contributed by atoms with Gasteiger partial charge in [-0.1, -0.05) is 57.3 Å². The van der Waals surface area contributed by atoms with Crippen molar-refractivity contribution < 1.29 is 13.2 Å². The van der Waals surface area contributed by atoms with Crippen LogP contribution in [0, 0.1) is 0 Å². The molecule has 0 aliphatic carbocycles. The van der Waals surface area contributed by atoms with Crippen LogP contribution in [0.15, 0.2) is 45.8 Å². The van der Waals surface area contributed by atoms with E-state index >= 15 is 0 Å². The topological polar surface area (TPSA) is 69.4 Å². The van der Waals surface area contributed by atoms with Crippen molar-refractivity contribution in [2.75, 3.05) is 0 Å². The number of hydrogen-bond donors (Lipinski definition) is 1. The van der Waals surface area contributed by atoms with E-state index in [9.17, 15) is 8.42 Å². The lowest BCUT2D eigenvalue weighted by Crippen LogP contribution is -2.13. The molecule has 0 heterocycles. The summed E-state index contributed by atoms with van der Waals surface area (Å²) in [5.41, 5.74) is 0.917. The average Bonchev–Trinajstić information content (AvgIpc) is 2.39. The van der Waals surface area contributed by atoms with E-state index in [1.165, 1.54) is 12.1 Å². The molecule has 21 heavy (non-hydrogen) atoms. The van der Waals surface area contributed by atoms with Gasteiger partial charge in [0.15, 0.2) is 0 Å². The maximum absolute atomic E-state index is 11.3. The molecule has 0 atom stereocenters. The van der Waals surface area contributed by atoms with E-state index in [0.29, 0.717) is 0 Å². The Morgan fingerprint density at radius 1 is 1.14 bits per heavy atom. The van der Waals surface area contributed by atoms with Crippen LogP contribution in [0.5, 0.6) is 5.75 Å². The second-order valence-corrected chi connectivity index (χ2v) is 7.34. The van der Waals surface area contributed by atoms with E-state index in [1.807, 2.05) is 24.3 Å². The molecule has 4 nitrogen and oxygen atoms in total. The quantitative estimate of drug-likeness (QED) is 0.828. The highest BCUT2D eigenvalue weighted by molar-refractivity contribution is 9.10. The molecule has 0 aromatic heterocycles. The van der Waals surface area contributed by atoms with Gasteiger partial charge in [-0.15, -0.1) is 0 Å². The van der Waals surface area contributed by atoms with Crippen molar-refractivity contribution in [3.8, 4) is 5.75 Å². The minimum Gasteiger partial charge on any atom is -0.487 e. The van der Waals surface area contributed by atoms with Crippen LogP contribution >= 0.6 is 39.1 Å². The lowest BCUT2D eigenvalue weighted by molar-refractivity contribution is 0.305. The van der Waals surface area contributed by atoms with E-state index in [-0.39, 0.29) is 27.3 Å². The van der Waals surface area contributed by atoms with Crippen molar-refractivity contribution in [3.63, 3.8) is 0 Å². The highest BCUT2D eigenvalue weighted by Gasteiger charge is 2.17.